The summed E-state index contributed by atoms with van der Waals surface area (Å²) in [4.78, 5) is 38.3. The highest BCUT2D eigenvalue weighted by Gasteiger charge is 2.26. The van der Waals surface area contributed by atoms with E-state index in [2.05, 4.69) is 5.32 Å². The second-order valence-corrected chi connectivity index (χ2v) is 6.10. The van der Waals surface area contributed by atoms with Crippen LogP contribution in [0.5, 0.6) is 0 Å². The van der Waals surface area contributed by atoms with Crippen LogP contribution in [-0.2, 0) is 14.4 Å². The number of hydrogen-bond donors (Lipinski definition) is 2. The second-order valence-electron chi connectivity index (χ2n) is 6.10. The molecule has 1 saturated heterocycles. The van der Waals surface area contributed by atoms with Crippen molar-refractivity contribution < 1.29 is 19.5 Å². The smallest absolute Gasteiger partial charge is 0.303 e. The molecule has 2 N–H and O–H groups in total. The van der Waals surface area contributed by atoms with Gasteiger partial charge in [-0.2, -0.15) is 0 Å². The summed E-state index contributed by atoms with van der Waals surface area (Å²) in [7, 11) is 0. The molecule has 1 heterocycles. The lowest BCUT2D eigenvalue weighted by molar-refractivity contribution is -0.138. The van der Waals surface area contributed by atoms with Gasteiger partial charge in [-0.25, -0.2) is 0 Å². The molecule has 7 nitrogen and oxygen atoms in total. The number of para-hydroxylation sites is 1. The van der Waals surface area contributed by atoms with Gasteiger partial charge in [0.05, 0.1) is 13.1 Å². The molecule has 0 radical (unpaired) electrons. The van der Waals surface area contributed by atoms with E-state index >= 15 is 0 Å². The van der Waals surface area contributed by atoms with E-state index in [4.69, 9.17) is 5.11 Å². The fraction of sp³-hybridized carbons (Fsp3) is 0.471. The Hall–Kier alpha value is -2.41. The number of amides is 2. The van der Waals surface area contributed by atoms with Crippen molar-refractivity contribution in [3.05, 3.63) is 30.3 Å². The number of carboxylic acid groups (broad SMARTS) is 1. The zero-order valence-corrected chi connectivity index (χ0v) is 13.8. The molecule has 1 aromatic carbocycles. The van der Waals surface area contributed by atoms with Crippen LogP contribution >= 0.6 is 0 Å². The van der Waals surface area contributed by atoms with Crippen LogP contribution in [0.4, 0.5) is 5.69 Å². The number of anilines is 1. The molecule has 1 aliphatic heterocycles. The molecule has 1 fully saturated rings. The van der Waals surface area contributed by atoms with E-state index in [0.717, 1.165) is 5.69 Å². The highest BCUT2D eigenvalue weighted by Crippen LogP contribution is 2.16. The van der Waals surface area contributed by atoms with E-state index < -0.39 is 5.97 Å². The summed E-state index contributed by atoms with van der Waals surface area (Å²) < 4.78 is 0. The van der Waals surface area contributed by atoms with Crippen LogP contribution in [0.2, 0.25) is 0 Å². The number of carbonyl (C=O) groups is 3. The van der Waals surface area contributed by atoms with Crippen LogP contribution in [0, 0.1) is 5.92 Å². The van der Waals surface area contributed by atoms with E-state index in [1.165, 1.54) is 0 Å². The average Bonchev–Trinajstić information content (AvgIpc) is 2.53. The minimum atomic E-state index is -0.876. The van der Waals surface area contributed by atoms with E-state index in [1.54, 1.807) is 16.7 Å². The average molecular weight is 333 g/mol. The molecule has 1 aromatic rings. The van der Waals surface area contributed by atoms with Crippen molar-refractivity contribution in [1.29, 1.82) is 0 Å². The first-order chi connectivity index (χ1) is 11.5. The lowest BCUT2D eigenvalue weighted by Crippen LogP contribution is -2.53. The number of hydrogen-bond acceptors (Lipinski definition) is 4. The third-order valence-electron chi connectivity index (χ3n) is 3.91. The molecule has 1 aliphatic rings. The Labute approximate surface area is 141 Å². The number of nitrogens with one attached hydrogen (secondary N) is 1. The van der Waals surface area contributed by atoms with Crippen LogP contribution < -0.4 is 10.2 Å². The maximum atomic E-state index is 12.3. The normalized spacial score (nSPS) is 16.7. The fourth-order valence-corrected chi connectivity index (χ4v) is 2.66. The zero-order chi connectivity index (χ0) is 17.5. The maximum absolute atomic E-state index is 12.3. The molecular weight excluding hydrogens is 310 g/mol. The highest BCUT2D eigenvalue weighted by atomic mass is 16.4. The lowest BCUT2D eigenvalue weighted by atomic mass is 10.1. The van der Waals surface area contributed by atoms with Crippen LogP contribution in [0.3, 0.4) is 0 Å². The van der Waals surface area contributed by atoms with Gasteiger partial charge in [-0.15, -0.1) is 0 Å². The lowest BCUT2D eigenvalue weighted by Gasteiger charge is -2.34. The van der Waals surface area contributed by atoms with E-state index in [1.807, 2.05) is 30.3 Å². The van der Waals surface area contributed by atoms with E-state index in [9.17, 15) is 14.4 Å². The maximum Gasteiger partial charge on any atom is 0.303 e. The molecule has 1 unspecified atom stereocenters. The predicted octanol–water partition coefficient (Wildman–Crippen LogP) is 0.562. The van der Waals surface area contributed by atoms with Gasteiger partial charge in [0.1, 0.15) is 0 Å². The minimum absolute atomic E-state index is 0.0223. The Morgan fingerprint density at radius 3 is 2.58 bits per heavy atom. The summed E-state index contributed by atoms with van der Waals surface area (Å²) in [5.74, 6) is -1.21. The molecule has 2 rings (SSSR count). The zero-order valence-electron chi connectivity index (χ0n) is 13.8. The molecule has 0 spiro atoms. The molecule has 0 bridgehead atoms. The van der Waals surface area contributed by atoms with Gasteiger partial charge in [-0.1, -0.05) is 25.1 Å². The Morgan fingerprint density at radius 2 is 1.96 bits per heavy atom. The van der Waals surface area contributed by atoms with Crippen LogP contribution in [-0.4, -0.2) is 60.5 Å². The Balaban J connectivity index is 1.76. The molecule has 0 aliphatic carbocycles. The number of piperazine rings is 1. The van der Waals surface area contributed by atoms with Crippen LogP contribution in [0.1, 0.15) is 13.3 Å². The number of carbonyl (C=O) groups excluding carboxylic acids is 2. The third kappa shape index (κ3) is 5.34. The number of rotatable bonds is 7. The van der Waals surface area contributed by atoms with Gasteiger partial charge < -0.3 is 15.3 Å². The molecule has 24 heavy (non-hydrogen) atoms. The molecule has 2 amide bonds. The van der Waals surface area contributed by atoms with Crippen molar-refractivity contribution in [1.82, 2.24) is 10.2 Å². The van der Waals surface area contributed by atoms with Gasteiger partial charge in [-0.3, -0.25) is 19.3 Å². The first kappa shape index (κ1) is 17.9. The summed E-state index contributed by atoms with van der Waals surface area (Å²) in [5, 5.41) is 11.4. The van der Waals surface area contributed by atoms with Gasteiger partial charge in [-0.05, 0) is 18.1 Å². The second kappa shape index (κ2) is 8.44. The van der Waals surface area contributed by atoms with Gasteiger partial charge >= 0.3 is 5.97 Å². The molecule has 0 saturated carbocycles. The molecule has 130 valence electrons. The summed E-state index contributed by atoms with van der Waals surface area (Å²) in [6, 6.07) is 9.47. The van der Waals surface area contributed by atoms with Gasteiger partial charge in [0, 0.05) is 31.7 Å². The number of benzene rings is 1. The summed E-state index contributed by atoms with van der Waals surface area (Å²) in [5.41, 5.74) is 0.870. The third-order valence-corrected chi connectivity index (χ3v) is 3.91. The van der Waals surface area contributed by atoms with Crippen molar-refractivity contribution in [2.45, 2.75) is 13.3 Å². The number of nitrogens with zero attached hydrogens (tertiary/aromatic N) is 2. The standard InChI is InChI=1S/C17H23N3O4/c1-13(9-17(23)24)10-18-15(21)11-19-7-8-20(16(22)12-19)14-5-3-2-4-6-14/h2-6,13H,7-12H2,1H3,(H,18,21)(H,23,24). The first-order valence-electron chi connectivity index (χ1n) is 8.02. The summed E-state index contributed by atoms with van der Waals surface area (Å²) >= 11 is 0. The van der Waals surface area contributed by atoms with Crippen molar-refractivity contribution >= 4 is 23.5 Å². The van der Waals surface area contributed by atoms with Crippen molar-refractivity contribution in [3.63, 3.8) is 0 Å². The minimum Gasteiger partial charge on any atom is -0.481 e. The molecule has 1 atom stereocenters. The Morgan fingerprint density at radius 1 is 1.25 bits per heavy atom. The van der Waals surface area contributed by atoms with Crippen molar-refractivity contribution in [2.75, 3.05) is 37.6 Å². The number of carboxylic acids is 1. The molecule has 7 heteroatoms. The van der Waals surface area contributed by atoms with E-state index in [0.29, 0.717) is 19.6 Å². The predicted molar refractivity (Wildman–Crippen MR) is 89.7 cm³/mol. The molecule has 0 aromatic heterocycles. The quantitative estimate of drug-likeness (QED) is 0.761. The monoisotopic (exact) mass is 333 g/mol. The fourth-order valence-electron chi connectivity index (χ4n) is 2.66. The molecular formula is C17H23N3O4. The summed E-state index contributed by atoms with van der Waals surface area (Å²) in [6.07, 6.45) is 0.0223. The van der Waals surface area contributed by atoms with Crippen LogP contribution in [0.15, 0.2) is 30.3 Å². The van der Waals surface area contributed by atoms with Crippen LogP contribution in [0.25, 0.3) is 0 Å². The summed E-state index contributed by atoms with van der Waals surface area (Å²) in [6.45, 7) is 3.62. The Bertz CT molecular complexity index is 591. The first-order valence-corrected chi connectivity index (χ1v) is 8.02. The highest BCUT2D eigenvalue weighted by molar-refractivity contribution is 5.95. The number of aliphatic carboxylic acids is 1. The van der Waals surface area contributed by atoms with Gasteiger partial charge in [0.2, 0.25) is 11.8 Å². The largest absolute Gasteiger partial charge is 0.481 e. The Kier molecular flexibility index (Phi) is 6.31. The van der Waals surface area contributed by atoms with Crippen molar-refractivity contribution in [3.8, 4) is 0 Å². The van der Waals surface area contributed by atoms with E-state index in [-0.39, 0.29) is 37.2 Å². The topological polar surface area (TPSA) is 90.0 Å². The SMILES string of the molecule is CC(CNC(=O)CN1CCN(c2ccccc2)C(=O)C1)CC(=O)O. The van der Waals surface area contributed by atoms with Crippen molar-refractivity contribution in [2.24, 2.45) is 5.92 Å². The van der Waals surface area contributed by atoms with Gasteiger partial charge in [0.25, 0.3) is 0 Å². The van der Waals surface area contributed by atoms with Gasteiger partial charge in [0.15, 0.2) is 0 Å².